The zero-order valence-electron chi connectivity index (χ0n) is 15.3. The minimum absolute atomic E-state index is 0.0502. The molecule has 0 saturated carbocycles. The second-order valence-corrected chi connectivity index (χ2v) is 6.82. The van der Waals surface area contributed by atoms with Crippen LogP contribution in [0, 0.1) is 0 Å². The van der Waals surface area contributed by atoms with Crippen molar-refractivity contribution in [2.45, 2.75) is 31.8 Å². The first kappa shape index (κ1) is 19.1. The number of aryl methyl sites for hydroxylation is 2. The van der Waals surface area contributed by atoms with Crippen LogP contribution in [-0.4, -0.2) is 47.7 Å². The number of benzene rings is 2. The number of carboxylic acids is 1. The molecule has 2 aromatic rings. The normalized spacial score (nSPS) is 16.9. The maximum absolute atomic E-state index is 12.6. The summed E-state index contributed by atoms with van der Waals surface area (Å²) < 4.78 is 5.82. The van der Waals surface area contributed by atoms with Crippen molar-refractivity contribution in [3.05, 3.63) is 71.3 Å². The van der Waals surface area contributed by atoms with Gasteiger partial charge in [0.25, 0.3) is 0 Å². The van der Waals surface area contributed by atoms with E-state index in [-0.39, 0.29) is 17.6 Å². The Morgan fingerprint density at radius 3 is 2.56 bits per heavy atom. The Balaban J connectivity index is 1.50. The molecule has 1 aliphatic rings. The summed E-state index contributed by atoms with van der Waals surface area (Å²) in [6.07, 6.45) is 2.62. The maximum Gasteiger partial charge on any atom is 0.335 e. The maximum atomic E-state index is 12.6. The number of morpholine rings is 1. The molecule has 1 unspecified atom stereocenters. The Morgan fingerprint density at radius 1 is 1.04 bits per heavy atom. The van der Waals surface area contributed by atoms with E-state index in [2.05, 4.69) is 12.1 Å². The summed E-state index contributed by atoms with van der Waals surface area (Å²) in [7, 11) is 0. The summed E-state index contributed by atoms with van der Waals surface area (Å²) in [6.45, 7) is 1.75. The predicted octanol–water partition coefficient (Wildman–Crippen LogP) is 3.18. The van der Waals surface area contributed by atoms with Gasteiger partial charge in [-0.25, -0.2) is 4.79 Å². The number of rotatable bonds is 7. The van der Waals surface area contributed by atoms with Gasteiger partial charge < -0.3 is 14.7 Å². The molecule has 27 heavy (non-hydrogen) atoms. The molecule has 0 aliphatic carbocycles. The summed E-state index contributed by atoms with van der Waals surface area (Å²) in [4.78, 5) is 25.7. The fourth-order valence-electron chi connectivity index (χ4n) is 3.44. The molecule has 2 aromatic carbocycles. The fraction of sp³-hybridized carbons (Fsp3) is 0.364. The molecule has 1 heterocycles. The predicted molar refractivity (Wildman–Crippen MR) is 103 cm³/mol. The Kier molecular flexibility index (Phi) is 6.60. The second kappa shape index (κ2) is 9.33. The van der Waals surface area contributed by atoms with Crippen LogP contribution in [0.4, 0.5) is 0 Å². The molecular weight excluding hydrogens is 342 g/mol. The van der Waals surface area contributed by atoms with Crippen LogP contribution < -0.4 is 0 Å². The molecule has 5 heteroatoms. The average Bonchev–Trinajstić information content (AvgIpc) is 2.71. The summed E-state index contributed by atoms with van der Waals surface area (Å²) in [5.74, 6) is -0.895. The van der Waals surface area contributed by atoms with Gasteiger partial charge in [-0.2, -0.15) is 0 Å². The average molecular weight is 367 g/mol. The molecule has 0 aromatic heterocycles. The minimum atomic E-state index is -0.953. The Bertz CT molecular complexity index is 775. The van der Waals surface area contributed by atoms with E-state index in [1.165, 1.54) is 5.56 Å². The highest BCUT2D eigenvalue weighted by Gasteiger charge is 2.24. The molecule has 0 radical (unpaired) electrons. The third kappa shape index (κ3) is 5.41. The van der Waals surface area contributed by atoms with Crippen molar-refractivity contribution >= 4 is 11.9 Å². The van der Waals surface area contributed by atoms with Crippen LogP contribution >= 0.6 is 0 Å². The van der Waals surface area contributed by atoms with E-state index in [1.54, 1.807) is 24.3 Å². The van der Waals surface area contributed by atoms with Crippen molar-refractivity contribution in [1.82, 2.24) is 4.90 Å². The van der Waals surface area contributed by atoms with Crippen LogP contribution in [0.5, 0.6) is 0 Å². The SMILES string of the molecule is O=C(O)c1ccccc1CCC(=O)N1CCOC(CCc2ccccc2)C1. The van der Waals surface area contributed by atoms with E-state index >= 15 is 0 Å². The number of hydrogen-bond donors (Lipinski definition) is 1. The van der Waals surface area contributed by atoms with Gasteiger partial charge in [-0.15, -0.1) is 0 Å². The molecule has 0 spiro atoms. The lowest BCUT2D eigenvalue weighted by molar-refractivity contribution is -0.138. The number of carbonyl (C=O) groups excluding carboxylic acids is 1. The molecule has 0 bridgehead atoms. The van der Waals surface area contributed by atoms with Gasteiger partial charge in [0.1, 0.15) is 0 Å². The van der Waals surface area contributed by atoms with Crippen molar-refractivity contribution in [2.75, 3.05) is 19.7 Å². The van der Waals surface area contributed by atoms with Gasteiger partial charge in [-0.05, 0) is 36.5 Å². The van der Waals surface area contributed by atoms with Gasteiger partial charge in [0.2, 0.25) is 5.91 Å². The molecule has 1 amide bonds. The monoisotopic (exact) mass is 367 g/mol. The number of aromatic carboxylic acids is 1. The second-order valence-electron chi connectivity index (χ2n) is 6.82. The number of nitrogens with zero attached hydrogens (tertiary/aromatic N) is 1. The molecule has 3 rings (SSSR count). The zero-order chi connectivity index (χ0) is 19.1. The topological polar surface area (TPSA) is 66.8 Å². The number of carbonyl (C=O) groups is 2. The lowest BCUT2D eigenvalue weighted by atomic mass is 10.0. The highest BCUT2D eigenvalue weighted by molar-refractivity contribution is 5.89. The van der Waals surface area contributed by atoms with E-state index < -0.39 is 5.97 Å². The van der Waals surface area contributed by atoms with E-state index in [1.807, 2.05) is 23.1 Å². The van der Waals surface area contributed by atoms with Crippen LogP contribution in [0.1, 0.15) is 34.3 Å². The molecular formula is C22H25NO4. The van der Waals surface area contributed by atoms with E-state index in [4.69, 9.17) is 4.74 Å². The number of ether oxygens (including phenoxy) is 1. The van der Waals surface area contributed by atoms with Gasteiger partial charge >= 0.3 is 5.97 Å². The summed E-state index contributed by atoms with van der Waals surface area (Å²) in [6, 6.07) is 17.1. The largest absolute Gasteiger partial charge is 0.478 e. The standard InChI is InChI=1S/C22H25NO4/c24-21(13-11-18-8-4-5-9-20(18)22(25)26)23-14-15-27-19(16-23)12-10-17-6-2-1-3-7-17/h1-9,19H,10-16H2,(H,25,26). The first-order valence-corrected chi connectivity index (χ1v) is 9.38. The lowest BCUT2D eigenvalue weighted by Crippen LogP contribution is -2.45. The van der Waals surface area contributed by atoms with Crippen LogP contribution in [0.25, 0.3) is 0 Å². The molecule has 5 nitrogen and oxygen atoms in total. The number of hydrogen-bond acceptors (Lipinski definition) is 3. The highest BCUT2D eigenvalue weighted by Crippen LogP contribution is 2.16. The Morgan fingerprint density at radius 2 is 1.78 bits per heavy atom. The van der Waals surface area contributed by atoms with E-state index in [0.29, 0.717) is 38.1 Å². The van der Waals surface area contributed by atoms with E-state index in [9.17, 15) is 14.7 Å². The van der Waals surface area contributed by atoms with Crippen molar-refractivity contribution in [3.8, 4) is 0 Å². The zero-order valence-corrected chi connectivity index (χ0v) is 15.3. The first-order valence-electron chi connectivity index (χ1n) is 9.38. The quantitative estimate of drug-likeness (QED) is 0.816. The van der Waals surface area contributed by atoms with Crippen molar-refractivity contribution < 1.29 is 19.4 Å². The molecule has 1 aliphatic heterocycles. The third-order valence-electron chi connectivity index (χ3n) is 4.95. The number of carboxylic acid groups (broad SMARTS) is 1. The van der Waals surface area contributed by atoms with Crippen molar-refractivity contribution in [3.63, 3.8) is 0 Å². The van der Waals surface area contributed by atoms with Crippen molar-refractivity contribution in [1.29, 1.82) is 0 Å². The fourth-order valence-corrected chi connectivity index (χ4v) is 3.44. The van der Waals surface area contributed by atoms with Gasteiger partial charge in [0.05, 0.1) is 18.3 Å². The first-order chi connectivity index (χ1) is 13.1. The Labute approximate surface area is 159 Å². The molecule has 142 valence electrons. The smallest absolute Gasteiger partial charge is 0.335 e. The third-order valence-corrected chi connectivity index (χ3v) is 4.95. The lowest BCUT2D eigenvalue weighted by Gasteiger charge is -2.33. The van der Waals surface area contributed by atoms with Gasteiger partial charge in [0.15, 0.2) is 0 Å². The van der Waals surface area contributed by atoms with Crippen LogP contribution in [0.15, 0.2) is 54.6 Å². The summed E-state index contributed by atoms with van der Waals surface area (Å²) in [5.41, 5.74) is 2.25. The highest BCUT2D eigenvalue weighted by atomic mass is 16.5. The minimum Gasteiger partial charge on any atom is -0.478 e. The molecule has 1 atom stereocenters. The van der Waals surface area contributed by atoms with E-state index in [0.717, 1.165) is 12.8 Å². The van der Waals surface area contributed by atoms with Crippen LogP contribution in [-0.2, 0) is 22.4 Å². The van der Waals surface area contributed by atoms with Crippen LogP contribution in [0.3, 0.4) is 0 Å². The molecule has 1 N–H and O–H groups in total. The number of amides is 1. The molecule has 1 saturated heterocycles. The summed E-state index contributed by atoms with van der Waals surface area (Å²) in [5, 5.41) is 9.26. The van der Waals surface area contributed by atoms with Gasteiger partial charge in [0, 0.05) is 19.5 Å². The summed E-state index contributed by atoms with van der Waals surface area (Å²) >= 11 is 0. The van der Waals surface area contributed by atoms with Crippen LogP contribution in [0.2, 0.25) is 0 Å². The van der Waals surface area contributed by atoms with Gasteiger partial charge in [-0.1, -0.05) is 48.5 Å². The Hall–Kier alpha value is -2.66. The van der Waals surface area contributed by atoms with Crippen molar-refractivity contribution in [2.24, 2.45) is 0 Å². The molecule has 1 fully saturated rings. The van der Waals surface area contributed by atoms with Gasteiger partial charge in [-0.3, -0.25) is 4.79 Å².